The fourth-order valence-corrected chi connectivity index (χ4v) is 4.11. The summed E-state index contributed by atoms with van der Waals surface area (Å²) in [6, 6.07) is 0.718. The average molecular weight is 265 g/mol. The van der Waals surface area contributed by atoms with Crippen molar-refractivity contribution in [3.05, 3.63) is 0 Å². The molecular formula is C15H27N3O. The van der Waals surface area contributed by atoms with Crippen LogP contribution in [0.1, 0.15) is 44.9 Å². The molecular weight excluding hydrogens is 238 g/mol. The predicted molar refractivity (Wildman–Crippen MR) is 75.7 cm³/mol. The van der Waals surface area contributed by atoms with Crippen LogP contribution in [0.2, 0.25) is 0 Å². The van der Waals surface area contributed by atoms with Gasteiger partial charge in [-0.2, -0.15) is 0 Å². The quantitative estimate of drug-likeness (QED) is 0.775. The van der Waals surface area contributed by atoms with Crippen LogP contribution in [-0.2, 0) is 4.79 Å². The van der Waals surface area contributed by atoms with Crippen LogP contribution in [0.15, 0.2) is 0 Å². The summed E-state index contributed by atoms with van der Waals surface area (Å²) < 4.78 is 0. The van der Waals surface area contributed by atoms with Gasteiger partial charge in [0.05, 0.1) is 5.92 Å². The molecule has 108 valence electrons. The van der Waals surface area contributed by atoms with Gasteiger partial charge in [0.2, 0.25) is 5.91 Å². The molecule has 2 N–H and O–H groups in total. The van der Waals surface area contributed by atoms with Gasteiger partial charge in [-0.3, -0.25) is 9.69 Å². The second kappa shape index (κ2) is 5.80. The first-order valence-electron chi connectivity index (χ1n) is 8.04. The highest BCUT2D eigenvalue weighted by atomic mass is 16.2. The minimum Gasteiger partial charge on any atom is -0.341 e. The zero-order valence-corrected chi connectivity index (χ0v) is 11.9. The van der Waals surface area contributed by atoms with Crippen LogP contribution < -0.4 is 5.73 Å². The summed E-state index contributed by atoms with van der Waals surface area (Å²) in [6.45, 7) is 4.29. The summed E-state index contributed by atoms with van der Waals surface area (Å²) in [5.74, 6) is 0.447. The molecule has 4 heteroatoms. The van der Waals surface area contributed by atoms with E-state index in [1.165, 1.54) is 38.8 Å². The number of carbonyl (C=O) groups is 1. The molecule has 0 aromatic rings. The van der Waals surface area contributed by atoms with Crippen molar-refractivity contribution in [3.63, 3.8) is 0 Å². The van der Waals surface area contributed by atoms with Gasteiger partial charge >= 0.3 is 0 Å². The van der Waals surface area contributed by atoms with Gasteiger partial charge in [-0.15, -0.1) is 0 Å². The Bertz CT molecular complexity index is 333. The van der Waals surface area contributed by atoms with Gasteiger partial charge in [0.25, 0.3) is 0 Å². The number of carbonyl (C=O) groups excluding carboxylic acids is 1. The number of hydrogen-bond acceptors (Lipinski definition) is 3. The van der Waals surface area contributed by atoms with Crippen molar-refractivity contribution in [2.45, 2.75) is 57.0 Å². The van der Waals surface area contributed by atoms with Crippen LogP contribution >= 0.6 is 0 Å². The van der Waals surface area contributed by atoms with Crippen molar-refractivity contribution in [3.8, 4) is 0 Å². The predicted octanol–water partition coefficient (Wildman–Crippen LogP) is 1.20. The first-order chi connectivity index (χ1) is 9.25. The highest BCUT2D eigenvalue weighted by molar-refractivity contribution is 5.79. The fourth-order valence-electron chi connectivity index (χ4n) is 4.11. The normalized spacial score (nSPS) is 36.9. The molecule has 3 rings (SSSR count). The lowest BCUT2D eigenvalue weighted by Crippen LogP contribution is -2.48. The van der Waals surface area contributed by atoms with E-state index < -0.39 is 0 Å². The summed E-state index contributed by atoms with van der Waals surface area (Å²) in [6.07, 6.45) is 8.10. The zero-order valence-electron chi connectivity index (χ0n) is 11.9. The van der Waals surface area contributed by atoms with E-state index in [9.17, 15) is 4.79 Å². The molecule has 3 aliphatic rings. The van der Waals surface area contributed by atoms with E-state index in [4.69, 9.17) is 5.73 Å². The molecule has 19 heavy (non-hydrogen) atoms. The molecule has 0 aromatic carbocycles. The summed E-state index contributed by atoms with van der Waals surface area (Å²) >= 11 is 0. The van der Waals surface area contributed by atoms with Crippen LogP contribution in [0.5, 0.6) is 0 Å². The maximum Gasteiger partial charge on any atom is 0.227 e. The Labute approximate surface area is 116 Å². The Morgan fingerprint density at radius 1 is 0.947 bits per heavy atom. The topological polar surface area (TPSA) is 49.6 Å². The van der Waals surface area contributed by atoms with Crippen LogP contribution in [0.4, 0.5) is 0 Å². The number of amides is 1. The summed E-state index contributed by atoms with van der Waals surface area (Å²) in [4.78, 5) is 17.4. The third-order valence-corrected chi connectivity index (χ3v) is 5.25. The number of fused-ring (bicyclic) bond motifs is 1. The number of rotatable bonds is 1. The Morgan fingerprint density at radius 2 is 1.74 bits per heavy atom. The molecule has 2 aliphatic heterocycles. The lowest BCUT2D eigenvalue weighted by molar-refractivity contribution is -0.137. The molecule has 2 saturated heterocycles. The second-order valence-corrected chi connectivity index (χ2v) is 6.52. The van der Waals surface area contributed by atoms with Crippen LogP contribution in [0.25, 0.3) is 0 Å². The molecule has 0 bridgehead atoms. The van der Waals surface area contributed by atoms with Crippen LogP contribution in [-0.4, -0.2) is 54.0 Å². The maximum atomic E-state index is 12.7. The molecule has 1 aliphatic carbocycles. The van der Waals surface area contributed by atoms with E-state index in [1.54, 1.807) is 0 Å². The molecule has 0 spiro atoms. The van der Waals surface area contributed by atoms with Gasteiger partial charge in [-0.05, 0) is 38.6 Å². The van der Waals surface area contributed by atoms with Crippen molar-refractivity contribution in [1.29, 1.82) is 0 Å². The lowest BCUT2D eigenvalue weighted by atomic mass is 9.84. The molecule has 3 atom stereocenters. The minimum atomic E-state index is 0.0988. The highest BCUT2D eigenvalue weighted by Gasteiger charge is 2.35. The van der Waals surface area contributed by atoms with Gasteiger partial charge in [-0.1, -0.05) is 12.8 Å². The molecule has 4 nitrogen and oxygen atoms in total. The van der Waals surface area contributed by atoms with Crippen molar-refractivity contribution < 1.29 is 4.79 Å². The van der Waals surface area contributed by atoms with E-state index >= 15 is 0 Å². The number of hydrogen-bond donors (Lipinski definition) is 1. The third kappa shape index (κ3) is 2.79. The number of nitrogens with zero attached hydrogens (tertiary/aromatic N) is 2. The SMILES string of the molecule is NC1CCCCC1C(=O)N1CCCN2CCCC2C1. The molecule has 1 amide bonds. The van der Waals surface area contributed by atoms with Gasteiger partial charge in [-0.25, -0.2) is 0 Å². The third-order valence-electron chi connectivity index (χ3n) is 5.25. The van der Waals surface area contributed by atoms with E-state index in [0.717, 1.165) is 32.4 Å². The molecule has 3 fully saturated rings. The van der Waals surface area contributed by atoms with Gasteiger partial charge in [0.1, 0.15) is 0 Å². The van der Waals surface area contributed by atoms with E-state index in [-0.39, 0.29) is 12.0 Å². The first kappa shape index (κ1) is 13.4. The summed E-state index contributed by atoms with van der Waals surface area (Å²) in [5.41, 5.74) is 6.17. The van der Waals surface area contributed by atoms with E-state index in [2.05, 4.69) is 9.80 Å². The van der Waals surface area contributed by atoms with Crippen LogP contribution in [0.3, 0.4) is 0 Å². The molecule has 0 radical (unpaired) electrons. The fraction of sp³-hybridized carbons (Fsp3) is 0.933. The summed E-state index contributed by atoms with van der Waals surface area (Å²) in [5, 5.41) is 0. The molecule has 3 unspecified atom stereocenters. The lowest BCUT2D eigenvalue weighted by Gasteiger charge is -2.33. The molecule has 2 heterocycles. The maximum absolute atomic E-state index is 12.7. The Kier molecular flexibility index (Phi) is 4.08. The smallest absolute Gasteiger partial charge is 0.227 e. The largest absolute Gasteiger partial charge is 0.341 e. The summed E-state index contributed by atoms with van der Waals surface area (Å²) in [7, 11) is 0. The Balaban J connectivity index is 1.65. The second-order valence-electron chi connectivity index (χ2n) is 6.52. The van der Waals surface area contributed by atoms with Crippen molar-refractivity contribution >= 4 is 5.91 Å². The zero-order chi connectivity index (χ0) is 13.2. The monoisotopic (exact) mass is 265 g/mol. The van der Waals surface area contributed by atoms with Gasteiger partial charge in [0, 0.05) is 31.7 Å². The number of nitrogens with two attached hydrogens (primary N) is 1. The molecule has 1 saturated carbocycles. The van der Waals surface area contributed by atoms with E-state index in [0.29, 0.717) is 11.9 Å². The van der Waals surface area contributed by atoms with Gasteiger partial charge < -0.3 is 10.6 Å². The Hall–Kier alpha value is -0.610. The van der Waals surface area contributed by atoms with Crippen molar-refractivity contribution in [2.24, 2.45) is 11.7 Å². The van der Waals surface area contributed by atoms with Crippen LogP contribution in [0, 0.1) is 5.92 Å². The standard InChI is InChI=1S/C15H27N3O/c16-14-7-2-1-6-13(14)15(19)18-10-4-9-17-8-3-5-12(17)11-18/h12-14H,1-11,16H2. The average Bonchev–Trinajstić information content (AvgIpc) is 2.76. The van der Waals surface area contributed by atoms with E-state index in [1.807, 2.05) is 0 Å². The van der Waals surface area contributed by atoms with Gasteiger partial charge in [0.15, 0.2) is 0 Å². The minimum absolute atomic E-state index is 0.0988. The molecule has 0 aromatic heterocycles. The highest BCUT2D eigenvalue weighted by Crippen LogP contribution is 2.27. The Morgan fingerprint density at radius 3 is 2.58 bits per heavy atom. The first-order valence-corrected chi connectivity index (χ1v) is 8.04. The van der Waals surface area contributed by atoms with Crippen molar-refractivity contribution in [2.75, 3.05) is 26.2 Å². The van der Waals surface area contributed by atoms with Crippen molar-refractivity contribution in [1.82, 2.24) is 9.80 Å².